The molecular formula is C23H32BrClN4O3. The van der Waals surface area contributed by atoms with E-state index >= 15 is 0 Å². The van der Waals surface area contributed by atoms with Gasteiger partial charge in [-0.05, 0) is 58.2 Å². The van der Waals surface area contributed by atoms with Crippen LogP contribution in [-0.2, 0) is 9.53 Å². The van der Waals surface area contributed by atoms with Crippen LogP contribution < -0.4 is 16.0 Å². The van der Waals surface area contributed by atoms with Gasteiger partial charge >= 0.3 is 6.09 Å². The Balaban J connectivity index is 2.06. The van der Waals surface area contributed by atoms with Crippen molar-refractivity contribution in [3.8, 4) is 0 Å². The van der Waals surface area contributed by atoms with Crippen molar-refractivity contribution in [2.45, 2.75) is 65.4 Å². The number of nitrogens with zero attached hydrogens (tertiary/aromatic N) is 1. The molecule has 0 aliphatic heterocycles. The molecule has 0 aliphatic carbocycles. The standard InChI is InChI=1S/C23H32BrClN4O3/c1-5-6-9-18(30)29-20-19(16-14-15(24)10-11-17(16)28-21(20)25)26-12-7-8-13-27-22(31)32-23(2,3)4/h10-11,14H,5-9,12-13H2,1-4H3,(H,26,28)(H,27,31)(H,29,30). The molecule has 1 heterocycles. The highest BCUT2D eigenvalue weighted by atomic mass is 79.9. The lowest BCUT2D eigenvalue weighted by atomic mass is 10.1. The SMILES string of the molecule is CCCCC(=O)Nc1c(Cl)nc2ccc(Br)cc2c1NCCCCNC(=O)OC(C)(C)C. The normalized spacial score (nSPS) is 11.3. The molecule has 1 aromatic heterocycles. The van der Waals surface area contributed by atoms with Crippen molar-refractivity contribution in [1.82, 2.24) is 10.3 Å². The number of unbranched alkanes of at least 4 members (excludes halogenated alkanes) is 2. The van der Waals surface area contributed by atoms with Crippen LogP contribution in [0.3, 0.4) is 0 Å². The average molecular weight is 528 g/mol. The molecule has 0 saturated heterocycles. The lowest BCUT2D eigenvalue weighted by Crippen LogP contribution is -2.33. The summed E-state index contributed by atoms with van der Waals surface area (Å²) in [4.78, 5) is 28.6. The molecule has 7 nitrogen and oxygen atoms in total. The average Bonchev–Trinajstić information content (AvgIpc) is 2.70. The van der Waals surface area contributed by atoms with E-state index in [0.29, 0.717) is 25.2 Å². The molecule has 2 amide bonds. The first-order valence-corrected chi connectivity index (χ1v) is 12.1. The fourth-order valence-corrected chi connectivity index (χ4v) is 3.60. The number of nitrogens with one attached hydrogen (secondary N) is 3. The molecule has 32 heavy (non-hydrogen) atoms. The van der Waals surface area contributed by atoms with E-state index in [-0.39, 0.29) is 11.1 Å². The van der Waals surface area contributed by atoms with Crippen molar-refractivity contribution in [3.05, 3.63) is 27.8 Å². The molecule has 1 aromatic carbocycles. The lowest BCUT2D eigenvalue weighted by Gasteiger charge is -2.19. The van der Waals surface area contributed by atoms with E-state index in [1.165, 1.54) is 0 Å². The zero-order valence-corrected chi connectivity index (χ0v) is 21.5. The van der Waals surface area contributed by atoms with Gasteiger partial charge in [0.1, 0.15) is 11.3 Å². The minimum Gasteiger partial charge on any atom is -0.444 e. The predicted octanol–water partition coefficient (Wildman–Crippen LogP) is 6.50. The molecule has 0 bridgehead atoms. The van der Waals surface area contributed by atoms with Crippen LogP contribution in [0.1, 0.15) is 59.8 Å². The maximum absolute atomic E-state index is 12.4. The van der Waals surface area contributed by atoms with Crippen molar-refractivity contribution in [3.63, 3.8) is 0 Å². The van der Waals surface area contributed by atoms with Crippen molar-refractivity contribution in [2.75, 3.05) is 23.7 Å². The summed E-state index contributed by atoms with van der Waals surface area (Å²) in [6.45, 7) is 8.68. The Morgan fingerprint density at radius 3 is 2.53 bits per heavy atom. The number of halogens is 2. The minimum atomic E-state index is -0.514. The number of hydrogen-bond donors (Lipinski definition) is 3. The maximum atomic E-state index is 12.4. The number of carbonyl (C=O) groups excluding carboxylic acids is 2. The topological polar surface area (TPSA) is 92.4 Å². The molecule has 0 aliphatic rings. The van der Waals surface area contributed by atoms with Gasteiger partial charge in [0.2, 0.25) is 5.91 Å². The number of pyridine rings is 1. The van der Waals surface area contributed by atoms with Crippen molar-refractivity contribution in [1.29, 1.82) is 0 Å². The largest absolute Gasteiger partial charge is 0.444 e. The van der Waals surface area contributed by atoms with Crippen LogP contribution in [0.5, 0.6) is 0 Å². The third-order valence-corrected chi connectivity index (χ3v) is 5.26. The van der Waals surface area contributed by atoms with E-state index in [2.05, 4.69) is 36.9 Å². The summed E-state index contributed by atoms with van der Waals surface area (Å²) in [5.74, 6) is -0.0884. The van der Waals surface area contributed by atoms with Gasteiger partial charge in [0.05, 0.1) is 11.2 Å². The molecule has 0 unspecified atom stereocenters. The molecule has 2 aromatic rings. The van der Waals surface area contributed by atoms with Gasteiger partial charge < -0.3 is 20.7 Å². The summed E-state index contributed by atoms with van der Waals surface area (Å²) >= 11 is 9.94. The van der Waals surface area contributed by atoms with Crippen LogP contribution in [0.4, 0.5) is 16.2 Å². The van der Waals surface area contributed by atoms with Crippen molar-refractivity contribution >= 4 is 61.8 Å². The second-order valence-electron chi connectivity index (χ2n) is 8.53. The fourth-order valence-electron chi connectivity index (χ4n) is 3.01. The maximum Gasteiger partial charge on any atom is 0.407 e. The smallest absolute Gasteiger partial charge is 0.407 e. The number of rotatable bonds is 10. The molecule has 2 rings (SSSR count). The quantitative estimate of drug-likeness (QED) is 0.242. The van der Waals surface area contributed by atoms with Crippen LogP contribution in [0, 0.1) is 0 Å². The molecule has 9 heteroatoms. The summed E-state index contributed by atoms with van der Waals surface area (Å²) in [5, 5.41) is 10.2. The van der Waals surface area contributed by atoms with E-state index in [9.17, 15) is 9.59 Å². The Morgan fingerprint density at radius 2 is 1.84 bits per heavy atom. The van der Waals surface area contributed by atoms with E-state index in [1.54, 1.807) is 0 Å². The molecule has 0 atom stereocenters. The Labute approximate surface area is 203 Å². The highest BCUT2D eigenvalue weighted by Crippen LogP contribution is 2.37. The Morgan fingerprint density at radius 1 is 1.12 bits per heavy atom. The fraction of sp³-hybridized carbons (Fsp3) is 0.522. The summed E-state index contributed by atoms with van der Waals surface area (Å²) in [5.41, 5.74) is 1.45. The predicted molar refractivity (Wildman–Crippen MR) is 135 cm³/mol. The Hall–Kier alpha value is -2.06. The summed E-state index contributed by atoms with van der Waals surface area (Å²) in [6.07, 6.45) is 3.33. The number of carbonyl (C=O) groups is 2. The Bertz CT molecular complexity index is 947. The molecule has 0 saturated carbocycles. The van der Waals surface area contributed by atoms with E-state index < -0.39 is 11.7 Å². The molecule has 0 fully saturated rings. The molecule has 0 spiro atoms. The first-order chi connectivity index (χ1) is 15.1. The number of ether oxygens (including phenoxy) is 1. The number of hydrogen-bond acceptors (Lipinski definition) is 5. The monoisotopic (exact) mass is 526 g/mol. The first-order valence-electron chi connectivity index (χ1n) is 10.9. The third kappa shape index (κ3) is 8.47. The van der Waals surface area contributed by atoms with Gasteiger partial charge in [-0.3, -0.25) is 4.79 Å². The molecule has 3 N–H and O–H groups in total. The zero-order valence-electron chi connectivity index (χ0n) is 19.1. The lowest BCUT2D eigenvalue weighted by molar-refractivity contribution is -0.116. The number of anilines is 2. The number of amides is 2. The first kappa shape index (κ1) is 26.2. The van der Waals surface area contributed by atoms with Gasteiger partial charge in [0.25, 0.3) is 0 Å². The van der Waals surface area contributed by atoms with Gasteiger partial charge in [-0.2, -0.15) is 0 Å². The number of alkyl carbamates (subject to hydrolysis) is 1. The van der Waals surface area contributed by atoms with Crippen LogP contribution in [0.15, 0.2) is 22.7 Å². The van der Waals surface area contributed by atoms with Crippen LogP contribution in [0.2, 0.25) is 5.15 Å². The minimum absolute atomic E-state index is 0.0884. The highest BCUT2D eigenvalue weighted by Gasteiger charge is 2.17. The van der Waals surface area contributed by atoms with E-state index in [4.69, 9.17) is 16.3 Å². The highest BCUT2D eigenvalue weighted by molar-refractivity contribution is 9.10. The van der Waals surface area contributed by atoms with E-state index in [0.717, 1.165) is 46.7 Å². The molecule has 176 valence electrons. The number of fused-ring (bicyclic) bond motifs is 1. The summed E-state index contributed by atoms with van der Waals surface area (Å²) in [7, 11) is 0. The van der Waals surface area contributed by atoms with Crippen LogP contribution >= 0.6 is 27.5 Å². The zero-order chi connectivity index (χ0) is 23.7. The third-order valence-electron chi connectivity index (χ3n) is 4.50. The van der Waals surface area contributed by atoms with Gasteiger partial charge in [-0.1, -0.05) is 40.9 Å². The van der Waals surface area contributed by atoms with Gasteiger partial charge in [-0.25, -0.2) is 9.78 Å². The number of benzene rings is 1. The molecule has 0 radical (unpaired) electrons. The van der Waals surface area contributed by atoms with Crippen LogP contribution in [0.25, 0.3) is 10.9 Å². The van der Waals surface area contributed by atoms with Crippen molar-refractivity contribution < 1.29 is 14.3 Å². The Kier molecular flexibility index (Phi) is 10.0. The second-order valence-corrected chi connectivity index (χ2v) is 9.80. The second kappa shape index (κ2) is 12.3. The van der Waals surface area contributed by atoms with Crippen LogP contribution in [-0.4, -0.2) is 35.7 Å². The van der Waals surface area contributed by atoms with Crippen molar-refractivity contribution in [2.24, 2.45) is 0 Å². The van der Waals surface area contributed by atoms with Gasteiger partial charge in [0.15, 0.2) is 5.15 Å². The van der Waals surface area contributed by atoms with Gasteiger partial charge in [-0.15, -0.1) is 0 Å². The van der Waals surface area contributed by atoms with Gasteiger partial charge in [0, 0.05) is 29.4 Å². The van der Waals surface area contributed by atoms with E-state index in [1.807, 2.05) is 45.9 Å². The summed E-state index contributed by atoms with van der Waals surface area (Å²) < 4.78 is 6.14. The molecular weight excluding hydrogens is 496 g/mol. The summed E-state index contributed by atoms with van der Waals surface area (Å²) in [6, 6.07) is 5.73. The number of aromatic nitrogens is 1.